The Bertz CT molecular complexity index is 1130. The maximum absolute atomic E-state index is 13.2. The van der Waals surface area contributed by atoms with E-state index in [1.807, 2.05) is 37.3 Å². The fourth-order valence-corrected chi connectivity index (χ4v) is 4.06. The van der Waals surface area contributed by atoms with Gasteiger partial charge in [0.1, 0.15) is 11.2 Å². The minimum Gasteiger partial charge on any atom is -0.493 e. The van der Waals surface area contributed by atoms with Crippen LogP contribution < -0.4 is 15.0 Å². The molecule has 1 aliphatic carbocycles. The Labute approximate surface area is 174 Å². The van der Waals surface area contributed by atoms with Crippen molar-refractivity contribution in [1.82, 2.24) is 9.55 Å². The molecule has 2 aliphatic rings. The van der Waals surface area contributed by atoms with Crippen LogP contribution in [0.4, 0.5) is 0 Å². The number of rotatable bonds is 7. The fraction of sp³-hybridized carbons (Fsp3) is 0.348. The van der Waals surface area contributed by atoms with Crippen molar-refractivity contribution in [1.29, 1.82) is 0 Å². The molecular weight excluding hydrogens is 384 g/mol. The van der Waals surface area contributed by atoms with Crippen molar-refractivity contribution < 1.29 is 19.4 Å². The summed E-state index contributed by atoms with van der Waals surface area (Å²) in [5.74, 6) is 0.874. The highest BCUT2D eigenvalue weighted by Crippen LogP contribution is 2.59. The molecule has 0 amide bonds. The van der Waals surface area contributed by atoms with Crippen molar-refractivity contribution in [3.63, 3.8) is 0 Å². The van der Waals surface area contributed by atoms with Gasteiger partial charge in [-0.1, -0.05) is 31.6 Å². The summed E-state index contributed by atoms with van der Waals surface area (Å²) in [6.07, 6.45) is 8.83. The zero-order valence-corrected chi connectivity index (χ0v) is 17.2. The lowest BCUT2D eigenvalue weighted by Crippen LogP contribution is -2.32. The van der Waals surface area contributed by atoms with Crippen LogP contribution in [0.1, 0.15) is 48.5 Å². The summed E-state index contributed by atoms with van der Waals surface area (Å²) in [4.78, 5) is 29.6. The van der Waals surface area contributed by atoms with E-state index in [9.17, 15) is 14.7 Å². The Morgan fingerprint density at radius 1 is 1.30 bits per heavy atom. The molecule has 1 aliphatic heterocycles. The molecule has 0 saturated heterocycles. The number of hydrogen-bond acceptors (Lipinski definition) is 5. The number of carbonyl (C=O) groups is 1. The lowest BCUT2D eigenvalue weighted by Gasteiger charge is -2.19. The van der Waals surface area contributed by atoms with E-state index in [2.05, 4.69) is 0 Å². The number of aliphatic carboxylic acids is 1. The molecule has 2 heterocycles. The number of carboxylic acids is 1. The Balaban J connectivity index is 1.75. The Morgan fingerprint density at radius 2 is 2.07 bits per heavy atom. The first-order valence-corrected chi connectivity index (χ1v) is 9.93. The molecule has 2 unspecified atom stereocenters. The summed E-state index contributed by atoms with van der Waals surface area (Å²) in [6.45, 7) is 2.00. The third-order valence-corrected chi connectivity index (χ3v) is 5.81. The van der Waals surface area contributed by atoms with Crippen LogP contribution in [0.2, 0.25) is 0 Å². The topological polar surface area (TPSA) is 90.7 Å². The molecule has 1 aromatic carbocycles. The van der Waals surface area contributed by atoms with Crippen molar-refractivity contribution in [3.8, 4) is 11.5 Å². The smallest absolute Gasteiger partial charge is 0.315 e. The molecule has 1 N–H and O–H groups in total. The molecule has 1 saturated carbocycles. The lowest BCUT2D eigenvalue weighted by atomic mass is 10.0. The Hall–Kier alpha value is -3.35. The molecule has 1 aromatic heterocycles. The highest BCUT2D eigenvalue weighted by atomic mass is 16.5. The zero-order chi connectivity index (χ0) is 21.5. The summed E-state index contributed by atoms with van der Waals surface area (Å²) in [7, 11) is 3.17. The third kappa shape index (κ3) is 3.10. The molecule has 4 rings (SSSR count). The molecule has 30 heavy (non-hydrogen) atoms. The van der Waals surface area contributed by atoms with Crippen LogP contribution in [0.15, 0.2) is 29.1 Å². The van der Waals surface area contributed by atoms with Gasteiger partial charge in [0.2, 0.25) is 0 Å². The number of benzene rings is 1. The van der Waals surface area contributed by atoms with Crippen molar-refractivity contribution >= 4 is 24.2 Å². The van der Waals surface area contributed by atoms with E-state index in [1.54, 1.807) is 30.9 Å². The van der Waals surface area contributed by atoms with Crippen molar-refractivity contribution in [3.05, 3.63) is 57.3 Å². The first kappa shape index (κ1) is 19.9. The second kappa shape index (κ2) is 7.48. The fourth-order valence-electron chi connectivity index (χ4n) is 4.06. The minimum atomic E-state index is -0.959. The Kier molecular flexibility index (Phi) is 4.97. The second-order valence-electron chi connectivity index (χ2n) is 7.61. The summed E-state index contributed by atoms with van der Waals surface area (Å²) in [5.41, 5.74) is 0.998. The first-order valence-electron chi connectivity index (χ1n) is 9.93. The summed E-state index contributed by atoms with van der Waals surface area (Å²) in [6, 6.07) is 5.22. The average molecular weight is 408 g/mol. The van der Waals surface area contributed by atoms with Crippen LogP contribution in [0, 0.1) is 5.41 Å². The van der Waals surface area contributed by atoms with Gasteiger partial charge in [0.05, 0.1) is 26.0 Å². The van der Waals surface area contributed by atoms with Gasteiger partial charge in [-0.05, 0) is 42.7 Å². The van der Waals surface area contributed by atoms with Gasteiger partial charge in [0.15, 0.2) is 11.5 Å². The number of ether oxygens (including phenoxy) is 2. The average Bonchev–Trinajstić information content (AvgIpc) is 3.50. The summed E-state index contributed by atoms with van der Waals surface area (Å²) < 4.78 is 12.2. The normalized spacial score (nSPS) is 21.2. The van der Waals surface area contributed by atoms with E-state index in [0.29, 0.717) is 41.4 Å². The van der Waals surface area contributed by atoms with Crippen LogP contribution in [-0.4, -0.2) is 34.8 Å². The van der Waals surface area contributed by atoms with Gasteiger partial charge in [-0.25, -0.2) is 4.98 Å². The minimum absolute atomic E-state index is 0.147. The zero-order valence-electron chi connectivity index (χ0n) is 17.2. The van der Waals surface area contributed by atoms with E-state index < -0.39 is 11.4 Å². The SMILES string of the molecule is CCCc1c(/C=C/c2ccc(OC)c(OC)c2)nc2n(c1=O)C1CC1(C(=O)O)C=C2. The molecule has 0 bridgehead atoms. The van der Waals surface area contributed by atoms with Gasteiger partial charge in [0.25, 0.3) is 5.56 Å². The van der Waals surface area contributed by atoms with Crippen molar-refractivity contribution in [2.75, 3.05) is 14.2 Å². The molecule has 0 spiro atoms. The molecule has 2 atom stereocenters. The van der Waals surface area contributed by atoms with Gasteiger partial charge < -0.3 is 14.6 Å². The maximum Gasteiger partial charge on any atom is 0.315 e. The van der Waals surface area contributed by atoms with Gasteiger partial charge >= 0.3 is 5.97 Å². The first-order chi connectivity index (χ1) is 14.4. The summed E-state index contributed by atoms with van der Waals surface area (Å²) >= 11 is 0. The van der Waals surface area contributed by atoms with Crippen LogP contribution >= 0.6 is 0 Å². The lowest BCUT2D eigenvalue weighted by molar-refractivity contribution is -0.141. The largest absolute Gasteiger partial charge is 0.493 e. The Morgan fingerprint density at radius 3 is 2.73 bits per heavy atom. The number of aromatic nitrogens is 2. The van der Waals surface area contributed by atoms with Crippen molar-refractivity contribution in [2.45, 2.75) is 32.2 Å². The van der Waals surface area contributed by atoms with Gasteiger partial charge in [-0.2, -0.15) is 0 Å². The van der Waals surface area contributed by atoms with E-state index in [-0.39, 0.29) is 11.6 Å². The molecular formula is C23H24N2O5. The number of nitrogens with zero attached hydrogens (tertiary/aromatic N) is 2. The predicted molar refractivity (Wildman–Crippen MR) is 114 cm³/mol. The van der Waals surface area contributed by atoms with E-state index in [0.717, 1.165) is 12.0 Å². The van der Waals surface area contributed by atoms with Gasteiger partial charge in [-0.3, -0.25) is 14.2 Å². The van der Waals surface area contributed by atoms with Crippen molar-refractivity contribution in [2.24, 2.45) is 5.41 Å². The third-order valence-electron chi connectivity index (χ3n) is 5.81. The maximum atomic E-state index is 13.2. The molecule has 1 fully saturated rings. The highest BCUT2D eigenvalue weighted by Gasteiger charge is 2.62. The van der Waals surface area contributed by atoms with Crippen LogP contribution in [0.25, 0.3) is 18.2 Å². The molecule has 156 valence electrons. The van der Waals surface area contributed by atoms with Crippen LogP contribution in [0.5, 0.6) is 11.5 Å². The van der Waals surface area contributed by atoms with E-state index >= 15 is 0 Å². The second-order valence-corrected chi connectivity index (χ2v) is 7.61. The molecule has 0 radical (unpaired) electrons. The number of hydrogen-bond donors (Lipinski definition) is 1. The van der Waals surface area contributed by atoms with E-state index in [1.165, 1.54) is 0 Å². The van der Waals surface area contributed by atoms with Crippen LogP contribution in [-0.2, 0) is 11.2 Å². The standard InChI is InChI=1S/C23H24N2O5/c1-4-5-15-16(8-6-14-7-9-17(29-2)18(12-14)30-3)24-20-10-11-23(22(27)28)13-19(23)25(20)21(15)26/h6-12,19H,4-5,13H2,1-3H3,(H,27,28)/b8-6+. The summed E-state index contributed by atoms with van der Waals surface area (Å²) in [5, 5.41) is 9.56. The van der Waals surface area contributed by atoms with E-state index in [4.69, 9.17) is 14.5 Å². The number of methoxy groups -OCH3 is 2. The highest BCUT2D eigenvalue weighted by molar-refractivity contribution is 5.84. The monoisotopic (exact) mass is 408 g/mol. The van der Waals surface area contributed by atoms with Gasteiger partial charge in [0, 0.05) is 5.56 Å². The van der Waals surface area contributed by atoms with Crippen LogP contribution in [0.3, 0.4) is 0 Å². The number of carboxylic acid groups (broad SMARTS) is 1. The molecule has 7 heteroatoms. The quantitative estimate of drug-likeness (QED) is 0.755. The predicted octanol–water partition coefficient (Wildman–Crippen LogP) is 3.43. The number of fused-ring (bicyclic) bond motifs is 3. The molecule has 2 aromatic rings. The molecule has 7 nitrogen and oxygen atoms in total. The van der Waals surface area contributed by atoms with Gasteiger partial charge in [-0.15, -0.1) is 0 Å².